The second kappa shape index (κ2) is 7.71. The van der Waals surface area contributed by atoms with Crippen LogP contribution in [0.3, 0.4) is 0 Å². The zero-order chi connectivity index (χ0) is 15.2. The van der Waals surface area contributed by atoms with Crippen LogP contribution in [0.1, 0.15) is 26.2 Å². The molecule has 0 heterocycles. The van der Waals surface area contributed by atoms with E-state index in [-0.39, 0.29) is 24.3 Å². The fraction of sp³-hybridized carbons (Fsp3) is 0.467. The molecule has 0 radical (unpaired) electrons. The molecule has 1 N–H and O–H groups in total. The number of hydrogen-bond donors (Lipinski definition) is 1. The van der Waals surface area contributed by atoms with E-state index >= 15 is 0 Å². The molecule has 114 valence electrons. The molecular weight excluding hydrogens is 310 g/mol. The number of thioether (sulfide) groups is 1. The van der Waals surface area contributed by atoms with Crippen LogP contribution in [-0.2, 0) is 14.3 Å². The molecule has 1 aromatic rings. The van der Waals surface area contributed by atoms with Crippen LogP contribution in [0, 0.1) is 0 Å². The Morgan fingerprint density at radius 2 is 2.05 bits per heavy atom. The molecule has 0 bridgehead atoms. The van der Waals surface area contributed by atoms with Gasteiger partial charge in [-0.25, -0.2) is 0 Å². The summed E-state index contributed by atoms with van der Waals surface area (Å²) in [7, 11) is 0. The van der Waals surface area contributed by atoms with Crippen LogP contribution < -0.4 is 5.32 Å². The third-order valence-electron chi connectivity index (χ3n) is 2.99. The van der Waals surface area contributed by atoms with E-state index in [1.165, 1.54) is 0 Å². The molecule has 2 rings (SSSR count). The highest BCUT2D eigenvalue weighted by molar-refractivity contribution is 7.99. The molecule has 6 heteroatoms. The molecule has 0 aliphatic heterocycles. The number of amides is 1. The van der Waals surface area contributed by atoms with Gasteiger partial charge in [-0.15, -0.1) is 11.8 Å². The summed E-state index contributed by atoms with van der Waals surface area (Å²) in [4.78, 5) is 24.4. The predicted octanol–water partition coefficient (Wildman–Crippen LogP) is 3.03. The molecule has 1 fully saturated rings. The van der Waals surface area contributed by atoms with Gasteiger partial charge in [0.25, 0.3) is 5.91 Å². The van der Waals surface area contributed by atoms with E-state index < -0.39 is 6.10 Å². The van der Waals surface area contributed by atoms with Crippen molar-refractivity contribution in [1.29, 1.82) is 0 Å². The first-order valence-corrected chi connectivity index (χ1v) is 8.29. The molecule has 0 spiro atoms. The van der Waals surface area contributed by atoms with Crippen molar-refractivity contribution in [3.05, 3.63) is 29.3 Å². The number of benzene rings is 1. The predicted molar refractivity (Wildman–Crippen MR) is 83.5 cm³/mol. The average molecular weight is 328 g/mol. The molecule has 4 nitrogen and oxygen atoms in total. The number of halogens is 1. The molecule has 1 atom stereocenters. The molecule has 1 aromatic carbocycles. The third kappa shape index (κ3) is 5.98. The molecule has 0 saturated heterocycles. The van der Waals surface area contributed by atoms with Gasteiger partial charge in [0.1, 0.15) is 0 Å². The molecule has 1 saturated carbocycles. The lowest BCUT2D eigenvalue weighted by molar-refractivity contribution is -0.154. The fourth-order valence-electron chi connectivity index (χ4n) is 1.64. The van der Waals surface area contributed by atoms with E-state index in [2.05, 4.69) is 5.32 Å². The zero-order valence-electron chi connectivity index (χ0n) is 11.8. The van der Waals surface area contributed by atoms with Gasteiger partial charge in [0.15, 0.2) is 6.10 Å². The Morgan fingerprint density at radius 3 is 2.67 bits per heavy atom. The number of esters is 1. The van der Waals surface area contributed by atoms with Crippen molar-refractivity contribution >= 4 is 35.2 Å². The Bertz CT molecular complexity index is 502. The van der Waals surface area contributed by atoms with Gasteiger partial charge in [0, 0.05) is 21.7 Å². The molecule has 1 aliphatic carbocycles. The highest BCUT2D eigenvalue weighted by Crippen LogP contribution is 2.21. The maximum absolute atomic E-state index is 11.7. The smallest absolute Gasteiger partial charge is 0.307 e. The second-order valence-electron chi connectivity index (χ2n) is 4.97. The van der Waals surface area contributed by atoms with Crippen molar-refractivity contribution in [2.45, 2.75) is 43.2 Å². The van der Waals surface area contributed by atoms with Gasteiger partial charge in [-0.3, -0.25) is 9.59 Å². The van der Waals surface area contributed by atoms with Gasteiger partial charge < -0.3 is 10.1 Å². The Hall–Kier alpha value is -1.20. The number of hydrogen-bond acceptors (Lipinski definition) is 4. The SMILES string of the molecule is C[C@H](OC(=O)CCSc1ccc(Cl)cc1)C(=O)NC1CC1. The lowest BCUT2D eigenvalue weighted by atomic mass is 10.3. The second-order valence-corrected chi connectivity index (χ2v) is 6.57. The van der Waals surface area contributed by atoms with Gasteiger partial charge in [-0.1, -0.05) is 11.6 Å². The van der Waals surface area contributed by atoms with E-state index in [1.54, 1.807) is 18.7 Å². The highest BCUT2D eigenvalue weighted by atomic mass is 35.5. The summed E-state index contributed by atoms with van der Waals surface area (Å²) in [5, 5.41) is 3.50. The summed E-state index contributed by atoms with van der Waals surface area (Å²) in [6, 6.07) is 7.71. The van der Waals surface area contributed by atoms with Crippen LogP contribution in [0.5, 0.6) is 0 Å². The lowest BCUT2D eigenvalue weighted by Crippen LogP contribution is -2.37. The Kier molecular flexibility index (Phi) is 5.94. The van der Waals surface area contributed by atoms with Gasteiger partial charge in [0.2, 0.25) is 0 Å². The molecular formula is C15H18ClNO3S. The number of ether oxygens (including phenoxy) is 1. The van der Waals surface area contributed by atoms with Crippen LogP contribution in [0.4, 0.5) is 0 Å². The van der Waals surface area contributed by atoms with Crippen molar-refractivity contribution in [3.63, 3.8) is 0 Å². The quantitative estimate of drug-likeness (QED) is 0.618. The third-order valence-corrected chi connectivity index (χ3v) is 4.26. The first kappa shape index (κ1) is 16.2. The summed E-state index contributed by atoms with van der Waals surface area (Å²) in [5.41, 5.74) is 0. The number of rotatable bonds is 7. The van der Waals surface area contributed by atoms with Crippen LogP contribution >= 0.6 is 23.4 Å². The number of nitrogens with one attached hydrogen (secondary N) is 1. The van der Waals surface area contributed by atoms with Crippen LogP contribution in [0.15, 0.2) is 29.2 Å². The van der Waals surface area contributed by atoms with E-state index in [9.17, 15) is 9.59 Å². The van der Waals surface area contributed by atoms with E-state index in [1.807, 2.05) is 24.3 Å². The van der Waals surface area contributed by atoms with E-state index in [0.717, 1.165) is 17.7 Å². The normalized spacial score (nSPS) is 15.3. The average Bonchev–Trinajstić information content (AvgIpc) is 3.25. The summed E-state index contributed by atoms with van der Waals surface area (Å²) < 4.78 is 5.11. The maximum Gasteiger partial charge on any atom is 0.307 e. The lowest BCUT2D eigenvalue weighted by Gasteiger charge is -2.13. The topological polar surface area (TPSA) is 55.4 Å². The standard InChI is InChI=1S/C15H18ClNO3S/c1-10(15(19)17-12-4-5-12)20-14(18)8-9-21-13-6-2-11(16)3-7-13/h2-3,6-7,10,12H,4-5,8-9H2,1H3,(H,17,19)/t10-/m0/s1. The zero-order valence-corrected chi connectivity index (χ0v) is 13.4. The minimum absolute atomic E-state index is 0.212. The minimum atomic E-state index is -0.723. The van der Waals surface area contributed by atoms with Crippen LogP contribution in [0.2, 0.25) is 5.02 Å². The fourth-order valence-corrected chi connectivity index (χ4v) is 2.60. The van der Waals surface area contributed by atoms with Crippen molar-refractivity contribution in [2.24, 2.45) is 0 Å². The molecule has 0 unspecified atom stereocenters. The van der Waals surface area contributed by atoms with E-state index in [4.69, 9.17) is 16.3 Å². The monoisotopic (exact) mass is 327 g/mol. The Balaban J connectivity index is 1.64. The van der Waals surface area contributed by atoms with Gasteiger partial charge >= 0.3 is 5.97 Å². The van der Waals surface area contributed by atoms with Gasteiger partial charge in [0.05, 0.1) is 6.42 Å². The first-order valence-electron chi connectivity index (χ1n) is 6.93. The van der Waals surface area contributed by atoms with Crippen molar-refractivity contribution in [1.82, 2.24) is 5.32 Å². The molecule has 1 aliphatic rings. The summed E-state index contributed by atoms with van der Waals surface area (Å²) >= 11 is 7.36. The summed E-state index contributed by atoms with van der Waals surface area (Å²) in [5.74, 6) is 0.0448. The summed E-state index contributed by atoms with van der Waals surface area (Å²) in [6.07, 6.45) is 1.58. The number of carbonyl (C=O) groups excluding carboxylic acids is 2. The van der Waals surface area contributed by atoms with Crippen molar-refractivity contribution in [2.75, 3.05) is 5.75 Å². The maximum atomic E-state index is 11.7. The molecule has 0 aromatic heterocycles. The van der Waals surface area contributed by atoms with Crippen molar-refractivity contribution < 1.29 is 14.3 Å². The minimum Gasteiger partial charge on any atom is -0.453 e. The highest BCUT2D eigenvalue weighted by Gasteiger charge is 2.27. The first-order chi connectivity index (χ1) is 10.0. The Labute approximate surface area is 133 Å². The van der Waals surface area contributed by atoms with Crippen LogP contribution in [-0.4, -0.2) is 29.8 Å². The summed E-state index contributed by atoms with van der Waals surface area (Å²) in [6.45, 7) is 1.60. The largest absolute Gasteiger partial charge is 0.453 e. The van der Waals surface area contributed by atoms with Crippen LogP contribution in [0.25, 0.3) is 0 Å². The van der Waals surface area contributed by atoms with Gasteiger partial charge in [-0.05, 0) is 44.0 Å². The molecule has 21 heavy (non-hydrogen) atoms. The number of carbonyl (C=O) groups is 2. The van der Waals surface area contributed by atoms with E-state index in [0.29, 0.717) is 10.8 Å². The Morgan fingerprint density at radius 1 is 1.38 bits per heavy atom. The van der Waals surface area contributed by atoms with Gasteiger partial charge in [-0.2, -0.15) is 0 Å². The molecule has 1 amide bonds. The van der Waals surface area contributed by atoms with Crippen molar-refractivity contribution in [3.8, 4) is 0 Å².